The quantitative estimate of drug-likeness (QED) is 0.805. The van der Waals surface area contributed by atoms with Crippen molar-refractivity contribution in [1.29, 1.82) is 0 Å². The van der Waals surface area contributed by atoms with E-state index in [9.17, 15) is 14.0 Å². The van der Waals surface area contributed by atoms with Crippen LogP contribution in [-0.2, 0) is 4.79 Å². The van der Waals surface area contributed by atoms with Gasteiger partial charge < -0.3 is 10.4 Å². The van der Waals surface area contributed by atoms with Gasteiger partial charge >= 0.3 is 5.97 Å². The van der Waals surface area contributed by atoms with E-state index in [1.165, 1.54) is 29.7 Å². The molecule has 0 aliphatic heterocycles. The summed E-state index contributed by atoms with van der Waals surface area (Å²) in [5.41, 5.74) is 0.334. The average molecular weight is 371 g/mol. The maximum absolute atomic E-state index is 13.6. The SMILES string of the molecule is CC(C)c1ncc(C(=O)NC(CC(=O)O)c2ccc(Cl)c(F)c2)s1. The molecule has 1 heterocycles. The fraction of sp³-hybridized carbons (Fsp3) is 0.312. The summed E-state index contributed by atoms with van der Waals surface area (Å²) >= 11 is 6.88. The second-order valence-electron chi connectivity index (χ2n) is 5.51. The summed E-state index contributed by atoms with van der Waals surface area (Å²) < 4.78 is 13.6. The van der Waals surface area contributed by atoms with Gasteiger partial charge in [-0.05, 0) is 17.7 Å². The van der Waals surface area contributed by atoms with Gasteiger partial charge in [-0.1, -0.05) is 31.5 Å². The van der Waals surface area contributed by atoms with Crippen LogP contribution in [0.1, 0.15) is 52.5 Å². The van der Waals surface area contributed by atoms with E-state index in [4.69, 9.17) is 16.7 Å². The Hall–Kier alpha value is -1.99. The zero-order valence-corrected chi connectivity index (χ0v) is 14.6. The Morgan fingerprint density at radius 3 is 2.67 bits per heavy atom. The van der Waals surface area contributed by atoms with Gasteiger partial charge in [0.25, 0.3) is 5.91 Å². The lowest BCUT2D eigenvalue weighted by molar-refractivity contribution is -0.137. The molecule has 0 bridgehead atoms. The third-order valence-corrected chi connectivity index (χ3v) is 4.87. The summed E-state index contributed by atoms with van der Waals surface area (Å²) in [6.45, 7) is 3.93. The van der Waals surface area contributed by atoms with Crippen LogP contribution < -0.4 is 5.32 Å². The second-order valence-corrected chi connectivity index (χ2v) is 6.98. The van der Waals surface area contributed by atoms with E-state index in [0.717, 1.165) is 11.1 Å². The number of amides is 1. The first-order valence-electron chi connectivity index (χ1n) is 7.21. The Kier molecular flexibility index (Phi) is 5.90. The van der Waals surface area contributed by atoms with E-state index in [0.29, 0.717) is 10.4 Å². The van der Waals surface area contributed by atoms with Gasteiger partial charge in [-0.25, -0.2) is 9.37 Å². The number of carboxylic acids is 1. The molecule has 1 unspecified atom stereocenters. The lowest BCUT2D eigenvalue weighted by Gasteiger charge is -2.17. The van der Waals surface area contributed by atoms with Crippen LogP contribution in [0, 0.1) is 5.82 Å². The number of carbonyl (C=O) groups is 2. The molecule has 0 aliphatic carbocycles. The molecular weight excluding hydrogens is 355 g/mol. The van der Waals surface area contributed by atoms with E-state index in [-0.39, 0.29) is 17.4 Å². The molecule has 5 nitrogen and oxygen atoms in total. The predicted octanol–water partition coefficient (Wildman–Crippen LogP) is 4.00. The molecule has 0 saturated heterocycles. The number of halogens is 2. The lowest BCUT2D eigenvalue weighted by Crippen LogP contribution is -2.29. The molecule has 1 aromatic carbocycles. The number of aliphatic carboxylic acids is 1. The Morgan fingerprint density at radius 1 is 1.42 bits per heavy atom. The Balaban J connectivity index is 2.22. The van der Waals surface area contributed by atoms with Gasteiger partial charge in [-0.2, -0.15) is 0 Å². The van der Waals surface area contributed by atoms with Crippen molar-refractivity contribution in [3.05, 3.63) is 50.7 Å². The van der Waals surface area contributed by atoms with Gasteiger partial charge in [0, 0.05) is 5.92 Å². The molecule has 1 amide bonds. The van der Waals surface area contributed by atoms with Gasteiger partial charge in [0.05, 0.1) is 28.7 Å². The number of hydrogen-bond acceptors (Lipinski definition) is 4. The number of hydrogen-bond donors (Lipinski definition) is 2. The molecular formula is C16H16ClFN2O3S. The summed E-state index contributed by atoms with van der Waals surface area (Å²) in [7, 11) is 0. The Bertz CT molecular complexity index is 764. The number of thiazole rings is 1. The molecule has 24 heavy (non-hydrogen) atoms. The van der Waals surface area contributed by atoms with Gasteiger partial charge in [0.2, 0.25) is 0 Å². The number of rotatable bonds is 6. The number of nitrogens with one attached hydrogen (secondary N) is 1. The van der Waals surface area contributed by atoms with Crippen molar-refractivity contribution in [3.63, 3.8) is 0 Å². The number of nitrogens with zero attached hydrogens (tertiary/aromatic N) is 1. The number of carbonyl (C=O) groups excluding carboxylic acids is 1. The van der Waals surface area contributed by atoms with E-state index >= 15 is 0 Å². The molecule has 2 aromatic rings. The van der Waals surface area contributed by atoms with Crippen LogP contribution in [0.25, 0.3) is 0 Å². The molecule has 0 fully saturated rings. The normalized spacial score (nSPS) is 12.2. The van der Waals surface area contributed by atoms with Crippen molar-refractivity contribution in [1.82, 2.24) is 10.3 Å². The summed E-state index contributed by atoms with van der Waals surface area (Å²) in [5.74, 6) is -2.03. The zero-order chi connectivity index (χ0) is 17.9. The van der Waals surface area contributed by atoms with Crippen LogP contribution >= 0.6 is 22.9 Å². The first-order chi connectivity index (χ1) is 11.3. The van der Waals surface area contributed by atoms with Crippen molar-refractivity contribution >= 4 is 34.8 Å². The molecule has 0 saturated carbocycles. The molecule has 8 heteroatoms. The van der Waals surface area contributed by atoms with E-state index < -0.39 is 23.7 Å². The van der Waals surface area contributed by atoms with E-state index in [1.54, 1.807) is 0 Å². The Labute approximate surface area is 147 Å². The summed E-state index contributed by atoms with van der Waals surface area (Å²) in [6.07, 6.45) is 1.08. The highest BCUT2D eigenvalue weighted by Gasteiger charge is 2.21. The van der Waals surface area contributed by atoms with Gasteiger partial charge in [-0.15, -0.1) is 11.3 Å². The van der Waals surface area contributed by atoms with Crippen molar-refractivity contribution in [3.8, 4) is 0 Å². The highest BCUT2D eigenvalue weighted by Crippen LogP contribution is 2.25. The minimum Gasteiger partial charge on any atom is -0.481 e. The van der Waals surface area contributed by atoms with Crippen LogP contribution in [0.4, 0.5) is 4.39 Å². The molecule has 0 aliphatic rings. The van der Waals surface area contributed by atoms with Crippen molar-refractivity contribution in [2.75, 3.05) is 0 Å². The van der Waals surface area contributed by atoms with Crippen LogP contribution in [0.5, 0.6) is 0 Å². The highest BCUT2D eigenvalue weighted by molar-refractivity contribution is 7.13. The molecule has 128 valence electrons. The lowest BCUT2D eigenvalue weighted by atomic mass is 10.0. The molecule has 2 N–H and O–H groups in total. The summed E-state index contributed by atoms with van der Waals surface area (Å²) in [6, 6.07) is 3.08. The smallest absolute Gasteiger partial charge is 0.305 e. The predicted molar refractivity (Wildman–Crippen MR) is 90.1 cm³/mol. The van der Waals surface area contributed by atoms with Crippen LogP contribution in [-0.4, -0.2) is 22.0 Å². The highest BCUT2D eigenvalue weighted by atomic mass is 35.5. The first-order valence-corrected chi connectivity index (χ1v) is 8.40. The van der Waals surface area contributed by atoms with Crippen molar-refractivity contribution in [2.45, 2.75) is 32.2 Å². The fourth-order valence-corrected chi connectivity index (χ4v) is 2.99. The fourth-order valence-electron chi connectivity index (χ4n) is 2.04. The first kappa shape index (κ1) is 18.4. The minimum atomic E-state index is -1.11. The van der Waals surface area contributed by atoms with Gasteiger partial charge in [0.1, 0.15) is 10.7 Å². The van der Waals surface area contributed by atoms with Gasteiger partial charge in [-0.3, -0.25) is 9.59 Å². The van der Waals surface area contributed by atoms with E-state index in [2.05, 4.69) is 10.3 Å². The maximum atomic E-state index is 13.6. The van der Waals surface area contributed by atoms with Crippen molar-refractivity contribution < 1.29 is 19.1 Å². The molecule has 1 aromatic heterocycles. The summed E-state index contributed by atoms with van der Waals surface area (Å²) in [4.78, 5) is 28.0. The average Bonchev–Trinajstić information content (AvgIpc) is 2.99. The number of aromatic nitrogens is 1. The summed E-state index contributed by atoms with van der Waals surface area (Å²) in [5, 5.41) is 12.4. The molecule has 2 rings (SSSR count). The maximum Gasteiger partial charge on any atom is 0.305 e. The monoisotopic (exact) mass is 370 g/mol. The third kappa shape index (κ3) is 4.52. The number of benzene rings is 1. The minimum absolute atomic E-state index is 0.0665. The Morgan fingerprint density at radius 2 is 2.12 bits per heavy atom. The van der Waals surface area contributed by atoms with Crippen LogP contribution in [0.15, 0.2) is 24.4 Å². The molecule has 0 spiro atoms. The third-order valence-electron chi connectivity index (χ3n) is 3.27. The largest absolute Gasteiger partial charge is 0.481 e. The van der Waals surface area contributed by atoms with Gasteiger partial charge in [0.15, 0.2) is 0 Å². The van der Waals surface area contributed by atoms with E-state index in [1.807, 2.05) is 13.8 Å². The molecule has 1 atom stereocenters. The standard InChI is InChI=1S/C16H16ClFN2O3S/c1-8(2)16-19-7-13(24-16)15(23)20-12(6-14(21)22)9-3-4-10(17)11(18)5-9/h3-5,7-8,12H,6H2,1-2H3,(H,20,23)(H,21,22). The zero-order valence-electron chi connectivity index (χ0n) is 13.0. The topological polar surface area (TPSA) is 79.3 Å². The second kappa shape index (κ2) is 7.72. The molecule has 0 radical (unpaired) electrons. The number of carboxylic acid groups (broad SMARTS) is 1. The van der Waals surface area contributed by atoms with Crippen LogP contribution in [0.2, 0.25) is 5.02 Å². The van der Waals surface area contributed by atoms with Crippen molar-refractivity contribution in [2.24, 2.45) is 0 Å². The van der Waals surface area contributed by atoms with Crippen LogP contribution in [0.3, 0.4) is 0 Å².